The van der Waals surface area contributed by atoms with Crippen LogP contribution in [0.5, 0.6) is 5.75 Å². The number of aliphatic carboxylic acids is 1. The van der Waals surface area contributed by atoms with Gasteiger partial charge in [-0.15, -0.1) is 0 Å². The van der Waals surface area contributed by atoms with Gasteiger partial charge in [0.2, 0.25) is 0 Å². The molecule has 7 heteroatoms. The van der Waals surface area contributed by atoms with Gasteiger partial charge in [-0.05, 0) is 29.3 Å². The quantitative estimate of drug-likeness (QED) is 0.440. The highest BCUT2D eigenvalue weighted by molar-refractivity contribution is 6.07. The van der Waals surface area contributed by atoms with Crippen molar-refractivity contribution in [1.29, 1.82) is 0 Å². The molecule has 0 aliphatic carbocycles. The molecule has 0 saturated heterocycles. The van der Waals surface area contributed by atoms with E-state index in [2.05, 4.69) is 10.6 Å². The molecule has 0 bridgehead atoms. The molecular weight excluding hydrogens is 420 g/mol. The van der Waals surface area contributed by atoms with Crippen molar-refractivity contribution in [1.82, 2.24) is 10.6 Å². The summed E-state index contributed by atoms with van der Waals surface area (Å²) in [5.74, 6) is -2.10. The van der Waals surface area contributed by atoms with Crippen LogP contribution in [0.1, 0.15) is 21.5 Å². The Balaban J connectivity index is 1.87. The summed E-state index contributed by atoms with van der Waals surface area (Å²) in [6.07, 6.45) is 1.59. The van der Waals surface area contributed by atoms with E-state index in [4.69, 9.17) is 4.74 Å². The van der Waals surface area contributed by atoms with E-state index >= 15 is 0 Å². The van der Waals surface area contributed by atoms with Crippen molar-refractivity contribution >= 4 is 23.9 Å². The fourth-order valence-electron chi connectivity index (χ4n) is 3.18. The predicted octanol–water partition coefficient (Wildman–Crippen LogP) is 3.28. The van der Waals surface area contributed by atoms with Crippen molar-refractivity contribution in [2.24, 2.45) is 0 Å². The molecule has 0 spiro atoms. The van der Waals surface area contributed by atoms with Crippen molar-refractivity contribution in [2.45, 2.75) is 12.5 Å². The Bertz CT molecular complexity index is 1140. The predicted molar refractivity (Wildman–Crippen MR) is 125 cm³/mol. The first-order chi connectivity index (χ1) is 16.0. The van der Waals surface area contributed by atoms with E-state index in [-0.39, 0.29) is 17.7 Å². The van der Waals surface area contributed by atoms with Crippen molar-refractivity contribution in [3.8, 4) is 5.75 Å². The molecule has 3 rings (SSSR count). The van der Waals surface area contributed by atoms with Gasteiger partial charge in [0, 0.05) is 6.42 Å². The van der Waals surface area contributed by atoms with Gasteiger partial charge in [0.1, 0.15) is 17.5 Å². The number of carbonyl (C=O) groups is 3. The van der Waals surface area contributed by atoms with Gasteiger partial charge in [-0.3, -0.25) is 9.59 Å². The lowest BCUT2D eigenvalue weighted by Gasteiger charge is -2.17. The summed E-state index contributed by atoms with van der Waals surface area (Å²) in [7, 11) is 1.45. The van der Waals surface area contributed by atoms with E-state index in [1.54, 1.807) is 72.8 Å². The molecule has 1 atom stereocenters. The number of hydrogen-bond donors (Lipinski definition) is 3. The van der Waals surface area contributed by atoms with Crippen LogP contribution in [0.25, 0.3) is 6.08 Å². The first kappa shape index (κ1) is 23.3. The molecule has 0 unspecified atom stereocenters. The van der Waals surface area contributed by atoms with Gasteiger partial charge in [-0.2, -0.15) is 0 Å². The minimum absolute atomic E-state index is 0.0867. The Hall–Kier alpha value is -4.39. The zero-order chi connectivity index (χ0) is 23.6. The van der Waals surface area contributed by atoms with Gasteiger partial charge in [-0.25, -0.2) is 4.79 Å². The highest BCUT2D eigenvalue weighted by Gasteiger charge is 2.24. The van der Waals surface area contributed by atoms with Crippen LogP contribution in [0.4, 0.5) is 0 Å². The number of nitrogens with one attached hydrogen (secondary N) is 2. The molecule has 33 heavy (non-hydrogen) atoms. The van der Waals surface area contributed by atoms with Crippen molar-refractivity contribution in [3.63, 3.8) is 0 Å². The second-order valence-corrected chi connectivity index (χ2v) is 7.18. The van der Waals surface area contributed by atoms with Gasteiger partial charge in [-0.1, -0.05) is 72.8 Å². The molecule has 0 saturated carbocycles. The van der Waals surface area contributed by atoms with Crippen LogP contribution in [-0.4, -0.2) is 36.0 Å². The van der Waals surface area contributed by atoms with Gasteiger partial charge in [0.05, 0.1) is 12.7 Å². The van der Waals surface area contributed by atoms with E-state index in [0.717, 1.165) is 5.56 Å². The lowest BCUT2D eigenvalue weighted by atomic mass is 10.1. The van der Waals surface area contributed by atoms with Gasteiger partial charge >= 0.3 is 5.97 Å². The first-order valence-electron chi connectivity index (χ1n) is 10.3. The summed E-state index contributed by atoms with van der Waals surface area (Å²) in [4.78, 5) is 37.8. The molecule has 0 aromatic heterocycles. The van der Waals surface area contributed by atoms with E-state index < -0.39 is 23.8 Å². The summed E-state index contributed by atoms with van der Waals surface area (Å²) >= 11 is 0. The molecule has 0 fully saturated rings. The van der Waals surface area contributed by atoms with Gasteiger partial charge < -0.3 is 20.5 Å². The molecule has 7 nitrogen and oxygen atoms in total. The molecule has 0 aliphatic heterocycles. The van der Waals surface area contributed by atoms with E-state index in [1.807, 2.05) is 12.1 Å². The third kappa shape index (κ3) is 6.54. The van der Waals surface area contributed by atoms with Crippen molar-refractivity contribution < 1.29 is 24.2 Å². The van der Waals surface area contributed by atoms with Crippen molar-refractivity contribution in [3.05, 3.63) is 107 Å². The second kappa shape index (κ2) is 11.3. The normalized spacial score (nSPS) is 11.8. The lowest BCUT2D eigenvalue weighted by Crippen LogP contribution is -2.45. The van der Waals surface area contributed by atoms with Crippen LogP contribution >= 0.6 is 0 Å². The number of rotatable bonds is 9. The maximum atomic E-state index is 13.1. The average molecular weight is 444 g/mol. The van der Waals surface area contributed by atoms with Crippen LogP contribution in [-0.2, 0) is 16.0 Å². The number of carboxylic acids is 1. The summed E-state index contributed by atoms with van der Waals surface area (Å²) < 4.78 is 5.23. The van der Waals surface area contributed by atoms with E-state index in [0.29, 0.717) is 11.3 Å². The molecule has 0 heterocycles. The molecule has 3 N–H and O–H groups in total. The van der Waals surface area contributed by atoms with Crippen LogP contribution in [0.2, 0.25) is 0 Å². The van der Waals surface area contributed by atoms with Crippen LogP contribution in [0.3, 0.4) is 0 Å². The smallest absolute Gasteiger partial charge is 0.326 e. The van der Waals surface area contributed by atoms with E-state index in [9.17, 15) is 19.5 Å². The molecule has 2 amide bonds. The number of para-hydroxylation sites is 1. The molecular formula is C26H24N2O5. The second-order valence-electron chi connectivity index (χ2n) is 7.18. The highest BCUT2D eigenvalue weighted by Crippen LogP contribution is 2.18. The average Bonchev–Trinajstić information content (AvgIpc) is 2.84. The first-order valence-corrected chi connectivity index (χ1v) is 10.3. The number of carbonyl (C=O) groups excluding carboxylic acids is 2. The standard InChI is InChI=1S/C26H24N2O5/c1-33-23-15-9-8-14-20(23)24(29)27-21(16-18-10-4-2-5-11-18)25(30)28-22(26(31)32)17-19-12-6-3-7-13-19/h2-16,22H,17H2,1H3,(H,27,29)(H,28,30)(H,31,32)/b21-16-/t22-/m1/s1. The third-order valence-corrected chi connectivity index (χ3v) is 4.84. The Morgan fingerprint density at radius 1 is 0.909 bits per heavy atom. The maximum absolute atomic E-state index is 13.1. The van der Waals surface area contributed by atoms with Gasteiger partial charge in [0.15, 0.2) is 0 Å². The molecule has 0 aliphatic rings. The molecule has 0 radical (unpaired) electrons. The number of ether oxygens (including phenoxy) is 1. The van der Waals surface area contributed by atoms with Crippen LogP contribution < -0.4 is 15.4 Å². The highest BCUT2D eigenvalue weighted by atomic mass is 16.5. The zero-order valence-electron chi connectivity index (χ0n) is 18.0. The number of amides is 2. The largest absolute Gasteiger partial charge is 0.496 e. The zero-order valence-corrected chi connectivity index (χ0v) is 18.0. The molecule has 3 aromatic rings. The topological polar surface area (TPSA) is 105 Å². The van der Waals surface area contributed by atoms with Crippen LogP contribution in [0.15, 0.2) is 90.6 Å². The fraction of sp³-hybridized carbons (Fsp3) is 0.115. The van der Waals surface area contributed by atoms with Crippen LogP contribution in [0, 0.1) is 0 Å². The fourth-order valence-corrected chi connectivity index (χ4v) is 3.18. The summed E-state index contributed by atoms with van der Waals surface area (Å²) in [5, 5.41) is 14.8. The minimum Gasteiger partial charge on any atom is -0.496 e. The SMILES string of the molecule is COc1ccccc1C(=O)N/C(=C\c1ccccc1)C(=O)N[C@H](Cc1ccccc1)C(=O)O. The maximum Gasteiger partial charge on any atom is 0.326 e. The number of methoxy groups -OCH3 is 1. The minimum atomic E-state index is -1.18. The lowest BCUT2D eigenvalue weighted by molar-refractivity contribution is -0.141. The molecule has 168 valence electrons. The Labute approximate surface area is 191 Å². The summed E-state index contributed by atoms with van der Waals surface area (Å²) in [5.41, 5.74) is 1.58. The third-order valence-electron chi connectivity index (χ3n) is 4.84. The van der Waals surface area contributed by atoms with E-state index in [1.165, 1.54) is 13.2 Å². The summed E-state index contributed by atoms with van der Waals surface area (Å²) in [6.45, 7) is 0. The monoisotopic (exact) mass is 444 g/mol. The van der Waals surface area contributed by atoms with Crippen molar-refractivity contribution in [2.75, 3.05) is 7.11 Å². The Morgan fingerprint density at radius 2 is 1.52 bits per heavy atom. The number of hydrogen-bond acceptors (Lipinski definition) is 4. The van der Waals surface area contributed by atoms with Gasteiger partial charge in [0.25, 0.3) is 11.8 Å². The Morgan fingerprint density at radius 3 is 2.15 bits per heavy atom. The Kier molecular flexibility index (Phi) is 7.96. The number of carboxylic acid groups (broad SMARTS) is 1. The molecule has 3 aromatic carbocycles. The summed E-state index contributed by atoms with van der Waals surface area (Å²) in [6, 6.07) is 23.4. The number of benzene rings is 3.